The summed E-state index contributed by atoms with van der Waals surface area (Å²) >= 11 is 0. The van der Waals surface area contributed by atoms with E-state index in [0.29, 0.717) is 57.7 Å². The van der Waals surface area contributed by atoms with E-state index in [0.717, 1.165) is 16.8 Å². The molecule has 1 spiro atoms. The number of nitrogens with one attached hydrogen (secondary N) is 1. The maximum absolute atomic E-state index is 14.4. The average molecular weight is 514 g/mol. The number of benzene rings is 2. The van der Waals surface area contributed by atoms with E-state index in [1.54, 1.807) is 11.1 Å². The van der Waals surface area contributed by atoms with Crippen LogP contribution in [0.25, 0.3) is 0 Å². The molecular weight excluding hydrogens is 482 g/mol. The van der Waals surface area contributed by atoms with Crippen LogP contribution in [0.5, 0.6) is 5.75 Å². The van der Waals surface area contributed by atoms with Gasteiger partial charge in [-0.3, -0.25) is 19.1 Å². The van der Waals surface area contributed by atoms with Crippen LogP contribution in [0.4, 0.5) is 5.69 Å². The van der Waals surface area contributed by atoms with Crippen molar-refractivity contribution in [2.45, 2.75) is 43.7 Å². The van der Waals surface area contributed by atoms with Crippen molar-refractivity contribution >= 4 is 23.4 Å². The SMILES string of the molecule is O=C1CN2C(=O)[C@]3(CCN(C(=O)CCCn4cccn4)[C@H]3c3cccc(c3)OCCCN1)c1ccccc12. The molecule has 1 fully saturated rings. The predicted molar refractivity (Wildman–Crippen MR) is 141 cm³/mol. The maximum Gasteiger partial charge on any atom is 0.240 e. The summed E-state index contributed by atoms with van der Waals surface area (Å²) in [6, 6.07) is 16.8. The van der Waals surface area contributed by atoms with E-state index in [4.69, 9.17) is 4.74 Å². The summed E-state index contributed by atoms with van der Waals surface area (Å²) in [5.74, 6) is 0.360. The van der Waals surface area contributed by atoms with Gasteiger partial charge < -0.3 is 19.9 Å². The van der Waals surface area contributed by atoms with Gasteiger partial charge in [0.2, 0.25) is 17.7 Å². The first-order valence-corrected chi connectivity index (χ1v) is 13.3. The zero-order valence-electron chi connectivity index (χ0n) is 21.2. The summed E-state index contributed by atoms with van der Waals surface area (Å²) < 4.78 is 7.81. The van der Waals surface area contributed by atoms with E-state index in [-0.39, 0.29) is 24.3 Å². The Bertz CT molecular complexity index is 1360. The number of carbonyl (C=O) groups is 3. The Labute approximate surface area is 221 Å². The van der Waals surface area contributed by atoms with Crippen molar-refractivity contribution in [1.82, 2.24) is 20.0 Å². The first kappa shape index (κ1) is 24.2. The molecule has 2 aromatic carbocycles. The number of hydrogen-bond acceptors (Lipinski definition) is 5. The Morgan fingerprint density at radius 3 is 2.89 bits per heavy atom. The number of aryl methyl sites for hydroxylation is 1. The second kappa shape index (κ2) is 9.96. The van der Waals surface area contributed by atoms with Crippen LogP contribution in [-0.2, 0) is 26.3 Å². The van der Waals surface area contributed by atoms with Crippen LogP contribution in [0.15, 0.2) is 67.0 Å². The summed E-state index contributed by atoms with van der Waals surface area (Å²) in [5, 5.41) is 7.14. The van der Waals surface area contributed by atoms with Gasteiger partial charge in [0.1, 0.15) is 17.7 Å². The first-order chi connectivity index (χ1) is 18.6. The molecule has 1 N–H and O–H groups in total. The smallest absolute Gasteiger partial charge is 0.240 e. The minimum absolute atomic E-state index is 0.00735. The minimum atomic E-state index is -0.975. The standard InChI is InChI=1S/C29H31N5O4/c35-25-20-34-24-10-2-1-9-23(24)29(28(34)37)12-17-33(26(36)11-4-15-32-16-5-14-31-32)27(29)21-7-3-8-22(19-21)38-18-6-13-30-25/h1-3,5,7-10,14,16,19,27H,4,6,11-13,15,17-18,20H2,(H,30,35)/t27-,29+/m0/s1. The fourth-order valence-corrected chi connectivity index (χ4v) is 6.21. The highest BCUT2D eigenvalue weighted by atomic mass is 16.5. The van der Waals surface area contributed by atoms with Gasteiger partial charge in [-0.2, -0.15) is 5.10 Å². The summed E-state index contributed by atoms with van der Waals surface area (Å²) in [4.78, 5) is 44.4. The molecular formula is C29H31N5O4. The van der Waals surface area contributed by atoms with Crippen molar-refractivity contribution in [3.63, 3.8) is 0 Å². The molecule has 6 rings (SSSR count). The van der Waals surface area contributed by atoms with Gasteiger partial charge in [-0.1, -0.05) is 30.3 Å². The van der Waals surface area contributed by atoms with E-state index in [2.05, 4.69) is 10.4 Å². The van der Waals surface area contributed by atoms with Gasteiger partial charge in [0.25, 0.3) is 0 Å². The molecule has 9 nitrogen and oxygen atoms in total. The predicted octanol–water partition coefficient (Wildman–Crippen LogP) is 2.82. The van der Waals surface area contributed by atoms with Gasteiger partial charge in [-0.15, -0.1) is 0 Å². The summed E-state index contributed by atoms with van der Waals surface area (Å²) in [7, 11) is 0. The third-order valence-corrected chi connectivity index (χ3v) is 7.87. The van der Waals surface area contributed by atoms with Crippen molar-refractivity contribution in [1.29, 1.82) is 0 Å². The van der Waals surface area contributed by atoms with Crippen molar-refractivity contribution in [3.05, 3.63) is 78.1 Å². The van der Waals surface area contributed by atoms with Crippen LogP contribution in [0.1, 0.15) is 42.9 Å². The molecule has 1 saturated heterocycles. The highest BCUT2D eigenvalue weighted by Crippen LogP contribution is 2.56. The van der Waals surface area contributed by atoms with Gasteiger partial charge in [0.05, 0.1) is 12.6 Å². The number of ether oxygens (including phenoxy) is 1. The summed E-state index contributed by atoms with van der Waals surface area (Å²) in [6.45, 7) is 1.98. The Morgan fingerprint density at radius 2 is 2.03 bits per heavy atom. The highest BCUT2D eigenvalue weighted by Gasteiger charge is 2.61. The zero-order valence-corrected chi connectivity index (χ0v) is 21.2. The molecule has 38 heavy (non-hydrogen) atoms. The quantitative estimate of drug-likeness (QED) is 0.579. The van der Waals surface area contributed by atoms with E-state index in [1.807, 2.05) is 70.4 Å². The van der Waals surface area contributed by atoms with Crippen LogP contribution >= 0.6 is 0 Å². The number of likely N-dealkylation sites (tertiary alicyclic amines) is 1. The van der Waals surface area contributed by atoms with Crippen molar-refractivity contribution < 1.29 is 19.1 Å². The fourth-order valence-electron chi connectivity index (χ4n) is 6.21. The molecule has 3 aliphatic heterocycles. The molecule has 0 radical (unpaired) electrons. The average Bonchev–Trinajstić information content (AvgIpc) is 3.64. The lowest BCUT2D eigenvalue weighted by atomic mass is 9.72. The Morgan fingerprint density at radius 1 is 1.13 bits per heavy atom. The number of rotatable bonds is 4. The fraction of sp³-hybridized carbons (Fsp3) is 0.379. The van der Waals surface area contributed by atoms with E-state index < -0.39 is 11.5 Å². The number of nitrogens with zero attached hydrogens (tertiary/aromatic N) is 4. The normalized spacial score (nSPS) is 22.8. The Hall–Kier alpha value is -4.14. The Balaban J connectivity index is 1.41. The summed E-state index contributed by atoms with van der Waals surface area (Å²) in [5.41, 5.74) is 1.51. The van der Waals surface area contributed by atoms with Crippen LogP contribution < -0.4 is 15.0 Å². The van der Waals surface area contributed by atoms with E-state index in [9.17, 15) is 14.4 Å². The molecule has 0 aliphatic carbocycles. The number of hydrogen-bond donors (Lipinski definition) is 1. The molecule has 196 valence electrons. The van der Waals surface area contributed by atoms with Crippen molar-refractivity contribution in [3.8, 4) is 5.75 Å². The molecule has 0 unspecified atom stereocenters. The molecule has 4 bridgehead atoms. The number of carbonyl (C=O) groups excluding carboxylic acids is 3. The molecule has 4 heterocycles. The molecule has 3 aromatic rings. The molecule has 3 aliphatic rings. The number of anilines is 1. The number of fused-ring (bicyclic) bond motifs is 6. The third kappa shape index (κ3) is 4.12. The zero-order chi connectivity index (χ0) is 26.1. The molecule has 1 aromatic heterocycles. The van der Waals surface area contributed by atoms with Crippen molar-refractivity contribution in [2.75, 3.05) is 31.1 Å². The van der Waals surface area contributed by atoms with Crippen LogP contribution in [0.2, 0.25) is 0 Å². The van der Waals surface area contributed by atoms with Crippen LogP contribution in [-0.4, -0.2) is 58.6 Å². The molecule has 2 atom stereocenters. The van der Waals surface area contributed by atoms with Gasteiger partial charge in [0, 0.05) is 44.1 Å². The highest BCUT2D eigenvalue weighted by molar-refractivity contribution is 6.12. The van der Waals surface area contributed by atoms with E-state index in [1.165, 1.54) is 0 Å². The van der Waals surface area contributed by atoms with Crippen LogP contribution in [0, 0.1) is 0 Å². The van der Waals surface area contributed by atoms with Crippen LogP contribution in [0.3, 0.4) is 0 Å². The number of para-hydroxylation sites is 1. The minimum Gasteiger partial charge on any atom is -0.494 e. The third-order valence-electron chi connectivity index (χ3n) is 7.87. The number of aromatic nitrogens is 2. The first-order valence-electron chi connectivity index (χ1n) is 13.3. The topological polar surface area (TPSA) is 96.8 Å². The maximum atomic E-state index is 14.4. The second-order valence-corrected chi connectivity index (χ2v) is 10.1. The lowest BCUT2D eigenvalue weighted by Gasteiger charge is -2.35. The molecule has 0 saturated carbocycles. The summed E-state index contributed by atoms with van der Waals surface area (Å²) in [6.07, 6.45) is 5.75. The van der Waals surface area contributed by atoms with Gasteiger partial charge in [-0.25, -0.2) is 0 Å². The van der Waals surface area contributed by atoms with Gasteiger partial charge in [-0.05, 0) is 54.7 Å². The lowest BCUT2D eigenvalue weighted by molar-refractivity contribution is -0.134. The van der Waals surface area contributed by atoms with Crippen molar-refractivity contribution in [2.24, 2.45) is 0 Å². The molecule has 9 heteroatoms. The van der Waals surface area contributed by atoms with Gasteiger partial charge in [0.15, 0.2) is 0 Å². The Kier molecular flexibility index (Phi) is 6.35. The monoisotopic (exact) mass is 513 g/mol. The largest absolute Gasteiger partial charge is 0.494 e. The van der Waals surface area contributed by atoms with E-state index >= 15 is 0 Å². The molecule has 3 amide bonds. The lowest BCUT2D eigenvalue weighted by Crippen LogP contribution is -2.48. The second-order valence-electron chi connectivity index (χ2n) is 10.1. The van der Waals surface area contributed by atoms with Gasteiger partial charge >= 0.3 is 0 Å². The number of amides is 3.